The summed E-state index contributed by atoms with van der Waals surface area (Å²) in [5, 5.41) is 0.986. The lowest BCUT2D eigenvalue weighted by Crippen LogP contribution is -2.40. The van der Waals surface area contributed by atoms with E-state index in [1.807, 2.05) is 29.2 Å². The molecule has 3 rings (SSSR count). The van der Waals surface area contributed by atoms with Crippen LogP contribution in [0.4, 0.5) is 0 Å². The van der Waals surface area contributed by atoms with Crippen LogP contribution < -0.4 is 0 Å². The van der Waals surface area contributed by atoms with E-state index in [9.17, 15) is 9.59 Å². The molecule has 2 heterocycles. The van der Waals surface area contributed by atoms with Crippen molar-refractivity contribution in [1.29, 1.82) is 0 Å². The number of carbonyl (C=O) groups excluding carboxylic acids is 2. The van der Waals surface area contributed by atoms with Gasteiger partial charge in [-0.15, -0.1) is 0 Å². The van der Waals surface area contributed by atoms with Crippen LogP contribution in [0.5, 0.6) is 0 Å². The van der Waals surface area contributed by atoms with Gasteiger partial charge in [0.1, 0.15) is 0 Å². The van der Waals surface area contributed by atoms with E-state index in [1.54, 1.807) is 0 Å². The molecule has 116 valence electrons. The maximum absolute atomic E-state index is 12.5. The Morgan fingerprint density at radius 2 is 2.14 bits per heavy atom. The molecule has 22 heavy (non-hydrogen) atoms. The lowest BCUT2D eigenvalue weighted by Gasteiger charge is -2.26. The van der Waals surface area contributed by atoms with Gasteiger partial charge < -0.3 is 19.4 Å². The third-order valence-electron chi connectivity index (χ3n) is 3.78. The van der Waals surface area contributed by atoms with Crippen molar-refractivity contribution in [3.05, 3.63) is 35.5 Å². The Labute approximate surface area is 128 Å². The SMILES string of the molecule is O=COCCc1cc2cc(C(=O)N3CCOCC3)ccc2[nH]1. The number of aromatic nitrogens is 1. The highest BCUT2D eigenvalue weighted by molar-refractivity contribution is 5.98. The first-order valence-electron chi connectivity index (χ1n) is 7.32. The fourth-order valence-corrected chi connectivity index (χ4v) is 2.63. The van der Waals surface area contributed by atoms with E-state index in [2.05, 4.69) is 4.98 Å². The van der Waals surface area contributed by atoms with E-state index in [4.69, 9.17) is 9.47 Å². The summed E-state index contributed by atoms with van der Waals surface area (Å²) < 4.78 is 9.97. The second kappa shape index (κ2) is 6.62. The maximum Gasteiger partial charge on any atom is 0.293 e. The smallest absolute Gasteiger partial charge is 0.293 e. The van der Waals surface area contributed by atoms with E-state index >= 15 is 0 Å². The average Bonchev–Trinajstić information content (AvgIpc) is 2.97. The van der Waals surface area contributed by atoms with Crippen LogP contribution in [0.3, 0.4) is 0 Å². The van der Waals surface area contributed by atoms with Gasteiger partial charge in [-0.2, -0.15) is 0 Å². The molecule has 1 aromatic heterocycles. The highest BCUT2D eigenvalue weighted by Crippen LogP contribution is 2.19. The molecule has 0 atom stereocenters. The van der Waals surface area contributed by atoms with E-state index in [-0.39, 0.29) is 5.91 Å². The minimum absolute atomic E-state index is 0.0391. The summed E-state index contributed by atoms with van der Waals surface area (Å²) in [4.78, 5) is 27.7. The monoisotopic (exact) mass is 302 g/mol. The molecule has 1 fully saturated rings. The first-order chi connectivity index (χ1) is 10.8. The third-order valence-corrected chi connectivity index (χ3v) is 3.78. The summed E-state index contributed by atoms with van der Waals surface area (Å²) in [5.74, 6) is 0.0391. The molecule has 1 amide bonds. The number of morpholine rings is 1. The molecule has 1 aliphatic heterocycles. The lowest BCUT2D eigenvalue weighted by atomic mass is 10.1. The quantitative estimate of drug-likeness (QED) is 0.668. The first kappa shape index (κ1) is 14.6. The molecule has 1 N–H and O–H groups in total. The standard InChI is InChI=1S/C16H18N2O4/c19-11-22-6-3-14-10-13-9-12(1-2-15(13)17-14)16(20)18-4-7-21-8-5-18/h1-2,9-11,17H,3-8H2. The Morgan fingerprint density at radius 3 is 2.91 bits per heavy atom. The Hall–Kier alpha value is -2.34. The molecule has 0 saturated carbocycles. The number of rotatable bonds is 5. The highest BCUT2D eigenvalue weighted by Gasteiger charge is 2.18. The minimum Gasteiger partial charge on any atom is -0.467 e. The molecular formula is C16H18N2O4. The molecule has 1 aliphatic rings. The van der Waals surface area contributed by atoms with Gasteiger partial charge in [-0.25, -0.2) is 0 Å². The topological polar surface area (TPSA) is 71.6 Å². The van der Waals surface area contributed by atoms with Crippen LogP contribution in [0.25, 0.3) is 10.9 Å². The van der Waals surface area contributed by atoms with Crippen molar-refractivity contribution in [1.82, 2.24) is 9.88 Å². The van der Waals surface area contributed by atoms with Gasteiger partial charge in [-0.1, -0.05) is 0 Å². The summed E-state index contributed by atoms with van der Waals surface area (Å²) in [7, 11) is 0. The van der Waals surface area contributed by atoms with Gasteiger partial charge in [0.25, 0.3) is 12.4 Å². The Kier molecular flexibility index (Phi) is 4.39. The Morgan fingerprint density at radius 1 is 1.32 bits per heavy atom. The van der Waals surface area contributed by atoms with Gasteiger partial charge in [0.15, 0.2) is 0 Å². The van der Waals surface area contributed by atoms with Crippen molar-refractivity contribution >= 4 is 23.3 Å². The summed E-state index contributed by atoms with van der Waals surface area (Å²) in [5.41, 5.74) is 2.64. The van der Waals surface area contributed by atoms with Crippen molar-refractivity contribution < 1.29 is 19.1 Å². The van der Waals surface area contributed by atoms with Crippen molar-refractivity contribution in [2.24, 2.45) is 0 Å². The number of H-pyrrole nitrogens is 1. The number of aromatic amines is 1. The number of nitrogens with one attached hydrogen (secondary N) is 1. The van der Waals surface area contributed by atoms with Crippen LogP contribution in [0.15, 0.2) is 24.3 Å². The normalized spacial score (nSPS) is 15.0. The average molecular weight is 302 g/mol. The van der Waals surface area contributed by atoms with Gasteiger partial charge >= 0.3 is 0 Å². The van der Waals surface area contributed by atoms with Crippen LogP contribution in [0, 0.1) is 0 Å². The van der Waals surface area contributed by atoms with Crippen molar-refractivity contribution in [2.75, 3.05) is 32.9 Å². The van der Waals surface area contributed by atoms with Gasteiger partial charge in [0.05, 0.1) is 19.8 Å². The molecular weight excluding hydrogens is 284 g/mol. The highest BCUT2D eigenvalue weighted by atomic mass is 16.5. The summed E-state index contributed by atoms with van der Waals surface area (Å²) in [6.45, 7) is 3.26. The fraction of sp³-hybridized carbons (Fsp3) is 0.375. The van der Waals surface area contributed by atoms with Crippen LogP contribution in [-0.4, -0.2) is 55.2 Å². The number of hydrogen-bond acceptors (Lipinski definition) is 4. The van der Waals surface area contributed by atoms with Gasteiger partial charge in [-0.05, 0) is 24.3 Å². The summed E-state index contributed by atoms with van der Waals surface area (Å²) in [6.07, 6.45) is 0.625. The zero-order valence-corrected chi connectivity index (χ0v) is 12.2. The molecule has 2 aromatic rings. The predicted octanol–water partition coefficient (Wildman–Crippen LogP) is 1.36. The predicted molar refractivity (Wildman–Crippen MR) is 80.7 cm³/mol. The largest absolute Gasteiger partial charge is 0.467 e. The molecule has 1 aromatic carbocycles. The summed E-state index contributed by atoms with van der Waals surface area (Å²) >= 11 is 0. The van der Waals surface area contributed by atoms with E-state index < -0.39 is 0 Å². The van der Waals surface area contributed by atoms with Crippen LogP contribution in [0.1, 0.15) is 16.1 Å². The zero-order valence-electron chi connectivity index (χ0n) is 12.2. The van der Waals surface area contributed by atoms with E-state index in [0.29, 0.717) is 51.4 Å². The lowest BCUT2D eigenvalue weighted by molar-refractivity contribution is -0.128. The molecule has 6 nitrogen and oxygen atoms in total. The molecule has 0 aliphatic carbocycles. The second-order valence-corrected chi connectivity index (χ2v) is 5.22. The van der Waals surface area contributed by atoms with Gasteiger partial charge in [-0.3, -0.25) is 9.59 Å². The number of benzene rings is 1. The molecule has 1 saturated heterocycles. The fourth-order valence-electron chi connectivity index (χ4n) is 2.63. The second-order valence-electron chi connectivity index (χ2n) is 5.22. The number of hydrogen-bond donors (Lipinski definition) is 1. The van der Waals surface area contributed by atoms with Crippen molar-refractivity contribution in [2.45, 2.75) is 6.42 Å². The van der Waals surface area contributed by atoms with Gasteiger partial charge in [0, 0.05) is 41.7 Å². The van der Waals surface area contributed by atoms with Crippen LogP contribution in [0.2, 0.25) is 0 Å². The minimum atomic E-state index is 0.0391. The number of ether oxygens (including phenoxy) is 2. The third kappa shape index (κ3) is 3.12. The maximum atomic E-state index is 12.5. The Balaban J connectivity index is 1.76. The van der Waals surface area contributed by atoms with Crippen molar-refractivity contribution in [3.8, 4) is 0 Å². The van der Waals surface area contributed by atoms with E-state index in [1.165, 1.54) is 0 Å². The Bertz CT molecular complexity index is 674. The number of fused-ring (bicyclic) bond motifs is 1. The van der Waals surface area contributed by atoms with E-state index in [0.717, 1.165) is 16.6 Å². The molecule has 0 bridgehead atoms. The molecule has 6 heteroatoms. The van der Waals surface area contributed by atoms with Crippen LogP contribution >= 0.6 is 0 Å². The number of nitrogens with zero attached hydrogens (tertiary/aromatic N) is 1. The molecule has 0 radical (unpaired) electrons. The zero-order chi connectivity index (χ0) is 15.4. The van der Waals surface area contributed by atoms with Crippen LogP contribution in [-0.2, 0) is 20.7 Å². The number of carbonyl (C=O) groups is 2. The van der Waals surface area contributed by atoms with Crippen molar-refractivity contribution in [3.63, 3.8) is 0 Å². The number of amides is 1. The summed E-state index contributed by atoms with van der Waals surface area (Å²) in [6, 6.07) is 7.63. The molecule has 0 unspecified atom stereocenters. The van der Waals surface area contributed by atoms with Gasteiger partial charge in [0.2, 0.25) is 0 Å². The first-order valence-corrected chi connectivity index (χ1v) is 7.32. The molecule has 0 spiro atoms.